The van der Waals surface area contributed by atoms with Crippen molar-refractivity contribution in [2.75, 3.05) is 0 Å². The van der Waals surface area contributed by atoms with E-state index in [-0.39, 0.29) is 10.6 Å². The highest BCUT2D eigenvalue weighted by atomic mass is 32.2. The number of carbonyl (C=O) groups excluding carboxylic acids is 1. The van der Waals surface area contributed by atoms with E-state index in [1.807, 2.05) is 4.72 Å². The Labute approximate surface area is 109 Å². The van der Waals surface area contributed by atoms with Gasteiger partial charge in [-0.2, -0.15) is 0 Å². The van der Waals surface area contributed by atoms with Crippen molar-refractivity contribution < 1.29 is 13.2 Å². The first-order valence-corrected chi connectivity index (χ1v) is 7.57. The van der Waals surface area contributed by atoms with E-state index >= 15 is 0 Å². The summed E-state index contributed by atoms with van der Waals surface area (Å²) in [6, 6.07) is 8.67. The zero-order valence-electron chi connectivity index (χ0n) is 9.24. The van der Waals surface area contributed by atoms with Crippen molar-refractivity contribution in [3.05, 3.63) is 52.5 Å². The third-order valence-corrected chi connectivity index (χ3v) is 4.09. The van der Waals surface area contributed by atoms with E-state index in [0.717, 1.165) is 11.3 Å². The lowest BCUT2D eigenvalue weighted by molar-refractivity contribution is 0.0985. The zero-order chi connectivity index (χ0) is 13.0. The lowest BCUT2D eigenvalue weighted by atomic mass is 10.2. The number of hydrogen-bond acceptors (Lipinski definition) is 5. The molecule has 2 aromatic rings. The molecule has 1 heterocycles. The summed E-state index contributed by atoms with van der Waals surface area (Å²) in [4.78, 5) is 15.6. The summed E-state index contributed by atoms with van der Waals surface area (Å²) in [5, 5.41) is 0. The largest absolute Gasteiger partial charge is 0.276 e. The van der Waals surface area contributed by atoms with Gasteiger partial charge in [0.05, 0.1) is 17.5 Å². The Morgan fingerprint density at radius 1 is 1.28 bits per heavy atom. The summed E-state index contributed by atoms with van der Waals surface area (Å²) in [6.07, 6.45) is 1.33. The normalized spacial score (nSPS) is 11.1. The predicted octanol–water partition coefficient (Wildman–Crippen LogP) is 1.40. The fraction of sp³-hybridized carbons (Fsp3) is 0.0909. The number of hydrogen-bond donors (Lipinski definition) is 1. The fourth-order valence-corrected chi connectivity index (χ4v) is 3.02. The summed E-state index contributed by atoms with van der Waals surface area (Å²) in [5.41, 5.74) is 2.10. The fourth-order valence-electron chi connectivity index (χ4n) is 1.35. The van der Waals surface area contributed by atoms with E-state index in [2.05, 4.69) is 4.98 Å². The molecule has 1 aromatic heterocycles. The number of aromatic nitrogens is 1. The minimum atomic E-state index is -3.68. The second kappa shape index (κ2) is 5.28. The Bertz CT molecular complexity index is 622. The molecule has 1 N–H and O–H groups in total. The summed E-state index contributed by atoms with van der Waals surface area (Å²) < 4.78 is 25.5. The lowest BCUT2D eigenvalue weighted by Gasteiger charge is -2.05. The van der Waals surface area contributed by atoms with Crippen molar-refractivity contribution in [1.29, 1.82) is 0 Å². The van der Waals surface area contributed by atoms with Crippen molar-refractivity contribution in [1.82, 2.24) is 9.71 Å². The van der Waals surface area contributed by atoms with Gasteiger partial charge in [-0.05, 0) is 5.56 Å². The number of carbonyl (C=O) groups is 1. The Kier molecular flexibility index (Phi) is 3.73. The van der Waals surface area contributed by atoms with Crippen LogP contribution in [0.1, 0.15) is 15.2 Å². The molecule has 0 bridgehead atoms. The highest BCUT2D eigenvalue weighted by Gasteiger charge is 2.17. The molecular weight excluding hydrogens is 272 g/mol. The van der Waals surface area contributed by atoms with Crippen LogP contribution in [-0.4, -0.2) is 19.3 Å². The van der Waals surface area contributed by atoms with E-state index in [1.165, 1.54) is 11.7 Å². The summed E-state index contributed by atoms with van der Waals surface area (Å²) in [6.45, 7) is 0. The van der Waals surface area contributed by atoms with Crippen molar-refractivity contribution in [2.24, 2.45) is 0 Å². The van der Waals surface area contributed by atoms with Gasteiger partial charge in [-0.25, -0.2) is 13.1 Å². The Balaban J connectivity index is 2.07. The van der Waals surface area contributed by atoms with Gasteiger partial charge < -0.3 is 0 Å². The number of nitrogens with one attached hydrogen (secondary N) is 1. The van der Waals surface area contributed by atoms with Crippen LogP contribution in [0.3, 0.4) is 0 Å². The molecule has 0 atom stereocenters. The van der Waals surface area contributed by atoms with Crippen LogP contribution in [0.15, 0.2) is 42.0 Å². The molecule has 0 aliphatic carbocycles. The average molecular weight is 282 g/mol. The smallest absolute Gasteiger partial charge is 0.267 e. The molecule has 0 spiro atoms. The maximum Gasteiger partial charge on any atom is 0.276 e. The van der Waals surface area contributed by atoms with Crippen LogP contribution in [0.25, 0.3) is 0 Å². The number of thiazole rings is 1. The van der Waals surface area contributed by atoms with Crippen LogP contribution in [0.5, 0.6) is 0 Å². The molecule has 2 rings (SSSR count). The first kappa shape index (κ1) is 12.7. The van der Waals surface area contributed by atoms with Crippen LogP contribution in [0.2, 0.25) is 0 Å². The number of benzene rings is 1. The van der Waals surface area contributed by atoms with E-state index in [0.29, 0.717) is 5.56 Å². The Morgan fingerprint density at radius 2 is 2.00 bits per heavy atom. The molecule has 7 heteroatoms. The number of rotatable bonds is 4. The zero-order valence-corrected chi connectivity index (χ0v) is 10.9. The molecule has 1 amide bonds. The van der Waals surface area contributed by atoms with Gasteiger partial charge >= 0.3 is 0 Å². The van der Waals surface area contributed by atoms with E-state index in [1.54, 1.807) is 30.3 Å². The molecular formula is C11H10N2O3S2. The third-order valence-electron chi connectivity index (χ3n) is 2.10. The van der Waals surface area contributed by atoms with Crippen molar-refractivity contribution >= 4 is 27.3 Å². The molecule has 5 nitrogen and oxygen atoms in total. The Morgan fingerprint density at radius 3 is 2.61 bits per heavy atom. The maximum atomic E-state index is 11.8. The quantitative estimate of drug-likeness (QED) is 0.919. The lowest BCUT2D eigenvalue weighted by Crippen LogP contribution is -2.31. The van der Waals surface area contributed by atoms with Crippen molar-refractivity contribution in [3.8, 4) is 0 Å². The second-order valence-corrected chi connectivity index (χ2v) is 6.15. The van der Waals surface area contributed by atoms with Gasteiger partial charge in [0.25, 0.3) is 5.91 Å². The standard InChI is InChI=1S/C11H10N2O3S2/c14-11(10-6-12-8-17-10)13-18(15,16)7-9-4-2-1-3-5-9/h1-6,8H,7H2,(H,13,14). The van der Waals surface area contributed by atoms with Gasteiger partial charge in [0.1, 0.15) is 4.88 Å². The van der Waals surface area contributed by atoms with Crippen LogP contribution < -0.4 is 4.72 Å². The Hall–Kier alpha value is -1.73. The molecule has 0 radical (unpaired) electrons. The number of amides is 1. The maximum absolute atomic E-state index is 11.8. The first-order valence-electron chi connectivity index (χ1n) is 5.04. The van der Waals surface area contributed by atoms with Gasteiger partial charge in [-0.3, -0.25) is 9.78 Å². The molecule has 0 fully saturated rings. The molecule has 0 saturated heterocycles. The van der Waals surface area contributed by atoms with Crippen LogP contribution in [0, 0.1) is 0 Å². The van der Waals surface area contributed by atoms with E-state index in [4.69, 9.17) is 0 Å². The molecule has 18 heavy (non-hydrogen) atoms. The van der Waals surface area contributed by atoms with Crippen molar-refractivity contribution in [2.45, 2.75) is 5.75 Å². The van der Waals surface area contributed by atoms with Crippen LogP contribution >= 0.6 is 11.3 Å². The minimum absolute atomic E-state index is 0.224. The second-order valence-electron chi connectivity index (χ2n) is 3.54. The molecule has 0 aliphatic heterocycles. The van der Waals surface area contributed by atoms with E-state index < -0.39 is 15.9 Å². The molecule has 0 saturated carbocycles. The molecule has 94 valence electrons. The SMILES string of the molecule is O=C(NS(=O)(=O)Cc1ccccc1)c1cncs1. The first-order chi connectivity index (χ1) is 8.57. The summed E-state index contributed by atoms with van der Waals surface area (Å²) >= 11 is 1.09. The minimum Gasteiger partial charge on any atom is -0.267 e. The van der Waals surface area contributed by atoms with Gasteiger partial charge in [-0.1, -0.05) is 30.3 Å². The van der Waals surface area contributed by atoms with Gasteiger partial charge in [-0.15, -0.1) is 11.3 Å². The van der Waals surface area contributed by atoms with Gasteiger partial charge in [0, 0.05) is 0 Å². The van der Waals surface area contributed by atoms with Crippen LogP contribution in [0.4, 0.5) is 0 Å². The van der Waals surface area contributed by atoms with E-state index in [9.17, 15) is 13.2 Å². The summed E-state index contributed by atoms with van der Waals surface area (Å²) in [7, 11) is -3.68. The highest BCUT2D eigenvalue weighted by molar-refractivity contribution is 7.89. The molecule has 0 aliphatic rings. The van der Waals surface area contributed by atoms with Gasteiger partial charge in [0.15, 0.2) is 0 Å². The third kappa shape index (κ3) is 3.38. The monoisotopic (exact) mass is 282 g/mol. The predicted molar refractivity (Wildman–Crippen MR) is 68.6 cm³/mol. The molecule has 0 unspecified atom stereocenters. The van der Waals surface area contributed by atoms with Crippen LogP contribution in [-0.2, 0) is 15.8 Å². The van der Waals surface area contributed by atoms with Gasteiger partial charge in [0.2, 0.25) is 10.0 Å². The average Bonchev–Trinajstić information content (AvgIpc) is 2.82. The number of sulfonamides is 1. The topological polar surface area (TPSA) is 76.1 Å². The molecule has 1 aromatic carbocycles. The van der Waals surface area contributed by atoms with Crippen molar-refractivity contribution in [3.63, 3.8) is 0 Å². The summed E-state index contributed by atoms with van der Waals surface area (Å²) in [5.74, 6) is -0.869. The number of nitrogens with zero attached hydrogens (tertiary/aromatic N) is 1. The highest BCUT2D eigenvalue weighted by Crippen LogP contribution is 2.08.